The third-order valence-corrected chi connectivity index (χ3v) is 3.37. The van der Waals surface area contributed by atoms with Crippen LogP contribution in [-0.2, 0) is 0 Å². The number of nitrogens with one attached hydrogen (secondary N) is 1. The number of nitrogens with zero attached hydrogens (tertiary/aromatic N) is 2. The third-order valence-electron chi connectivity index (χ3n) is 3.37. The van der Waals surface area contributed by atoms with E-state index >= 15 is 0 Å². The summed E-state index contributed by atoms with van der Waals surface area (Å²) >= 11 is 0. The van der Waals surface area contributed by atoms with Gasteiger partial charge in [0.1, 0.15) is 5.75 Å². The van der Waals surface area contributed by atoms with Crippen molar-refractivity contribution in [2.45, 2.75) is 13.0 Å². The zero-order valence-corrected chi connectivity index (χ0v) is 10.3. The van der Waals surface area contributed by atoms with Gasteiger partial charge in [0.15, 0.2) is 0 Å². The predicted molar refractivity (Wildman–Crippen MR) is 67.6 cm³/mol. The van der Waals surface area contributed by atoms with Crippen molar-refractivity contribution in [1.82, 2.24) is 10.2 Å². The molecule has 0 aliphatic carbocycles. The van der Waals surface area contributed by atoms with Crippen LogP contribution in [0.15, 0.2) is 18.2 Å². The van der Waals surface area contributed by atoms with Crippen molar-refractivity contribution < 1.29 is 10.0 Å². The van der Waals surface area contributed by atoms with Gasteiger partial charge in [0, 0.05) is 49.9 Å². The third kappa shape index (κ3) is 2.60. The Balaban J connectivity index is 2.25. The lowest BCUT2D eigenvalue weighted by molar-refractivity contribution is -0.385. The first-order valence-electron chi connectivity index (χ1n) is 6.01. The van der Waals surface area contributed by atoms with Gasteiger partial charge < -0.3 is 10.4 Å². The van der Waals surface area contributed by atoms with Gasteiger partial charge in [-0.05, 0) is 13.0 Å². The number of aromatic hydroxyl groups is 1. The Morgan fingerprint density at radius 3 is 2.72 bits per heavy atom. The quantitative estimate of drug-likeness (QED) is 0.624. The highest BCUT2D eigenvalue weighted by molar-refractivity contribution is 5.44. The molecule has 6 nitrogen and oxygen atoms in total. The first-order chi connectivity index (χ1) is 8.59. The van der Waals surface area contributed by atoms with E-state index in [1.54, 1.807) is 0 Å². The van der Waals surface area contributed by atoms with Crippen LogP contribution in [0.25, 0.3) is 0 Å². The number of hydrogen-bond acceptors (Lipinski definition) is 5. The van der Waals surface area contributed by atoms with E-state index < -0.39 is 4.92 Å². The van der Waals surface area contributed by atoms with Crippen molar-refractivity contribution in [2.24, 2.45) is 0 Å². The van der Waals surface area contributed by atoms with Crippen molar-refractivity contribution >= 4 is 5.69 Å². The molecule has 18 heavy (non-hydrogen) atoms. The zero-order valence-electron chi connectivity index (χ0n) is 10.3. The highest BCUT2D eigenvalue weighted by Crippen LogP contribution is 2.31. The first kappa shape index (κ1) is 12.8. The minimum Gasteiger partial charge on any atom is -0.508 e. The van der Waals surface area contributed by atoms with Crippen molar-refractivity contribution in [3.8, 4) is 5.75 Å². The molecule has 1 fully saturated rings. The van der Waals surface area contributed by atoms with Crippen LogP contribution in [0.4, 0.5) is 5.69 Å². The molecular weight excluding hydrogens is 234 g/mol. The van der Waals surface area contributed by atoms with Crippen molar-refractivity contribution in [2.75, 3.05) is 26.2 Å². The van der Waals surface area contributed by atoms with E-state index in [2.05, 4.69) is 10.2 Å². The summed E-state index contributed by atoms with van der Waals surface area (Å²) in [7, 11) is 0. The molecule has 1 aliphatic heterocycles. The van der Waals surface area contributed by atoms with Gasteiger partial charge >= 0.3 is 0 Å². The molecule has 0 bridgehead atoms. The van der Waals surface area contributed by atoms with Gasteiger partial charge in [0.2, 0.25) is 0 Å². The molecule has 0 aromatic heterocycles. The molecule has 1 atom stereocenters. The average Bonchev–Trinajstić information content (AvgIpc) is 2.39. The zero-order chi connectivity index (χ0) is 13.1. The van der Waals surface area contributed by atoms with Gasteiger partial charge in [-0.25, -0.2) is 0 Å². The number of piperazine rings is 1. The summed E-state index contributed by atoms with van der Waals surface area (Å²) < 4.78 is 0. The summed E-state index contributed by atoms with van der Waals surface area (Å²) in [5, 5.41) is 23.9. The van der Waals surface area contributed by atoms with Gasteiger partial charge in [-0.3, -0.25) is 15.0 Å². The topological polar surface area (TPSA) is 78.6 Å². The Kier molecular flexibility index (Phi) is 3.78. The second-order valence-electron chi connectivity index (χ2n) is 4.46. The fourth-order valence-electron chi connectivity index (χ4n) is 2.26. The number of phenols is 1. The smallest absolute Gasteiger partial charge is 0.270 e. The molecule has 1 heterocycles. The molecule has 6 heteroatoms. The van der Waals surface area contributed by atoms with Crippen LogP contribution in [-0.4, -0.2) is 41.1 Å². The fourth-order valence-corrected chi connectivity index (χ4v) is 2.26. The molecule has 0 radical (unpaired) electrons. The molecule has 1 aromatic rings. The van der Waals surface area contributed by atoms with E-state index in [9.17, 15) is 15.2 Å². The van der Waals surface area contributed by atoms with Crippen LogP contribution >= 0.6 is 0 Å². The van der Waals surface area contributed by atoms with E-state index in [0.717, 1.165) is 26.2 Å². The van der Waals surface area contributed by atoms with E-state index in [1.807, 2.05) is 6.92 Å². The summed E-state index contributed by atoms with van der Waals surface area (Å²) in [4.78, 5) is 12.5. The van der Waals surface area contributed by atoms with Crippen LogP contribution in [0.2, 0.25) is 0 Å². The molecule has 0 unspecified atom stereocenters. The van der Waals surface area contributed by atoms with Crippen LogP contribution in [0.5, 0.6) is 5.75 Å². The maximum Gasteiger partial charge on any atom is 0.270 e. The van der Waals surface area contributed by atoms with Crippen molar-refractivity contribution in [3.05, 3.63) is 33.9 Å². The van der Waals surface area contributed by atoms with Gasteiger partial charge in [-0.2, -0.15) is 0 Å². The van der Waals surface area contributed by atoms with Gasteiger partial charge in [0.05, 0.1) is 4.92 Å². The molecule has 0 saturated carbocycles. The highest BCUT2D eigenvalue weighted by Gasteiger charge is 2.22. The number of benzene rings is 1. The second kappa shape index (κ2) is 5.32. The number of non-ortho nitro benzene ring substituents is 1. The van der Waals surface area contributed by atoms with Crippen LogP contribution in [0.1, 0.15) is 18.5 Å². The Morgan fingerprint density at radius 1 is 1.44 bits per heavy atom. The van der Waals surface area contributed by atoms with E-state index in [-0.39, 0.29) is 17.5 Å². The number of rotatable bonds is 3. The minimum absolute atomic E-state index is 0.0183. The average molecular weight is 251 g/mol. The normalized spacial score (nSPS) is 18.5. The van der Waals surface area contributed by atoms with Crippen molar-refractivity contribution in [1.29, 1.82) is 0 Å². The number of hydrogen-bond donors (Lipinski definition) is 2. The number of nitro benzene ring substituents is 1. The molecule has 98 valence electrons. The monoisotopic (exact) mass is 251 g/mol. The van der Waals surface area contributed by atoms with Gasteiger partial charge in [0.25, 0.3) is 5.69 Å². The lowest BCUT2D eigenvalue weighted by atomic mass is 10.0. The van der Waals surface area contributed by atoms with Crippen molar-refractivity contribution in [3.63, 3.8) is 0 Å². The SMILES string of the molecule is C[C@@H](c1cc([N+](=O)[O-])ccc1O)N1CCNCC1. The Morgan fingerprint density at radius 2 is 2.11 bits per heavy atom. The lowest BCUT2D eigenvalue weighted by Gasteiger charge is -2.33. The predicted octanol–water partition coefficient (Wildman–Crippen LogP) is 1.27. The first-order valence-corrected chi connectivity index (χ1v) is 6.01. The Bertz CT molecular complexity index is 444. The van der Waals surface area contributed by atoms with Crippen LogP contribution in [0.3, 0.4) is 0 Å². The Hall–Kier alpha value is -1.66. The van der Waals surface area contributed by atoms with Gasteiger partial charge in [-0.1, -0.05) is 0 Å². The molecular formula is C12H17N3O3. The molecule has 0 amide bonds. The maximum absolute atomic E-state index is 10.8. The van der Waals surface area contributed by atoms with E-state index in [4.69, 9.17) is 0 Å². The van der Waals surface area contributed by atoms with E-state index in [1.165, 1.54) is 18.2 Å². The minimum atomic E-state index is -0.437. The van der Waals surface area contributed by atoms with Crippen LogP contribution < -0.4 is 5.32 Å². The molecule has 2 rings (SSSR count). The Labute approximate surface area is 105 Å². The summed E-state index contributed by atoms with van der Waals surface area (Å²) in [6.45, 7) is 5.52. The molecule has 0 spiro atoms. The second-order valence-corrected chi connectivity index (χ2v) is 4.46. The van der Waals surface area contributed by atoms with Gasteiger partial charge in [-0.15, -0.1) is 0 Å². The largest absolute Gasteiger partial charge is 0.508 e. The number of phenolic OH excluding ortho intramolecular Hbond substituents is 1. The summed E-state index contributed by atoms with van der Waals surface area (Å²) in [5.41, 5.74) is 0.635. The van der Waals surface area contributed by atoms with Crippen LogP contribution in [0, 0.1) is 10.1 Å². The maximum atomic E-state index is 10.8. The molecule has 1 aromatic carbocycles. The van der Waals surface area contributed by atoms with E-state index in [0.29, 0.717) is 5.56 Å². The molecule has 1 saturated heterocycles. The molecule has 2 N–H and O–H groups in total. The lowest BCUT2D eigenvalue weighted by Crippen LogP contribution is -2.44. The summed E-state index contributed by atoms with van der Waals surface area (Å²) in [6, 6.07) is 4.16. The number of nitro groups is 1. The highest BCUT2D eigenvalue weighted by atomic mass is 16.6. The molecule has 1 aliphatic rings. The fraction of sp³-hybridized carbons (Fsp3) is 0.500. The summed E-state index contributed by atoms with van der Waals surface area (Å²) in [6.07, 6.45) is 0. The summed E-state index contributed by atoms with van der Waals surface area (Å²) in [5.74, 6) is 0.117. The standard InChI is InChI=1S/C12H17N3O3/c1-9(14-6-4-13-5-7-14)11-8-10(15(17)18)2-3-12(11)16/h2-3,8-9,13,16H,4-7H2,1H3/t9-/m0/s1.